The van der Waals surface area contributed by atoms with Crippen molar-refractivity contribution in [3.63, 3.8) is 0 Å². The van der Waals surface area contributed by atoms with Crippen LogP contribution in [0.2, 0.25) is 15.1 Å². The van der Waals surface area contributed by atoms with Crippen molar-refractivity contribution < 1.29 is 13.9 Å². The molecule has 0 spiro atoms. The molecule has 152 valence electrons. The molecule has 0 N–H and O–H groups in total. The van der Waals surface area contributed by atoms with Crippen LogP contribution in [0.5, 0.6) is 11.5 Å². The Balaban J connectivity index is 1.89. The van der Waals surface area contributed by atoms with Gasteiger partial charge in [-0.15, -0.1) is 0 Å². The third-order valence-corrected chi connectivity index (χ3v) is 5.21. The van der Waals surface area contributed by atoms with E-state index in [-0.39, 0.29) is 12.2 Å². The Labute approximate surface area is 188 Å². The van der Waals surface area contributed by atoms with Gasteiger partial charge in [0.1, 0.15) is 12.4 Å². The Morgan fingerprint density at radius 2 is 1.83 bits per heavy atom. The van der Waals surface area contributed by atoms with E-state index in [0.29, 0.717) is 37.7 Å². The summed E-state index contributed by atoms with van der Waals surface area (Å²) < 4.78 is 24.7. The second kappa shape index (κ2) is 9.86. The van der Waals surface area contributed by atoms with Gasteiger partial charge < -0.3 is 9.47 Å². The molecule has 30 heavy (non-hydrogen) atoms. The van der Waals surface area contributed by atoms with Gasteiger partial charge in [0, 0.05) is 0 Å². The van der Waals surface area contributed by atoms with E-state index in [1.807, 2.05) is 0 Å². The number of halogens is 4. The van der Waals surface area contributed by atoms with Crippen LogP contribution in [0.25, 0.3) is 11.6 Å². The number of hydrogen-bond donors (Lipinski definition) is 0. The minimum atomic E-state index is -0.421. The van der Waals surface area contributed by atoms with E-state index in [1.54, 1.807) is 48.5 Å². The van der Waals surface area contributed by atoms with Crippen LogP contribution in [0.1, 0.15) is 16.7 Å². The summed E-state index contributed by atoms with van der Waals surface area (Å²) in [5.41, 5.74) is 2.17. The molecule has 0 aliphatic carbocycles. The van der Waals surface area contributed by atoms with Crippen molar-refractivity contribution in [3.8, 4) is 17.6 Å². The fraction of sp³-hybridized carbons (Fsp3) is 0.0870. The number of rotatable bonds is 6. The molecule has 0 aliphatic heterocycles. The molecule has 0 heterocycles. The van der Waals surface area contributed by atoms with Crippen molar-refractivity contribution in [1.29, 1.82) is 5.26 Å². The largest absolute Gasteiger partial charge is 0.493 e. The predicted octanol–water partition coefficient (Wildman–Crippen LogP) is 7.44. The first-order valence-electron chi connectivity index (χ1n) is 8.73. The van der Waals surface area contributed by atoms with Crippen molar-refractivity contribution in [1.82, 2.24) is 0 Å². The van der Waals surface area contributed by atoms with E-state index in [1.165, 1.54) is 19.2 Å². The van der Waals surface area contributed by atoms with Gasteiger partial charge in [-0.05, 0) is 59.2 Å². The maximum absolute atomic E-state index is 13.5. The summed E-state index contributed by atoms with van der Waals surface area (Å²) in [6, 6.07) is 16.4. The van der Waals surface area contributed by atoms with Gasteiger partial charge in [0.15, 0.2) is 11.5 Å². The fourth-order valence-electron chi connectivity index (χ4n) is 2.75. The van der Waals surface area contributed by atoms with Crippen LogP contribution in [-0.2, 0) is 6.61 Å². The zero-order valence-corrected chi connectivity index (χ0v) is 18.0. The van der Waals surface area contributed by atoms with E-state index in [0.717, 1.165) is 5.56 Å². The molecule has 3 nitrogen and oxygen atoms in total. The molecule has 0 saturated carbocycles. The average Bonchev–Trinajstić information content (AvgIpc) is 2.73. The quantitative estimate of drug-likeness (QED) is 0.282. The predicted molar refractivity (Wildman–Crippen MR) is 119 cm³/mol. The number of nitriles is 1. The standard InChI is InChI=1S/C23H15Cl3FNO2/c1-29-22-10-15(7-17(12-28)16-3-2-4-18(27)11-16)9-21(26)23(22)30-13-14-5-6-19(24)20(25)8-14/h2-11H,13H2,1H3/b17-7-. The maximum Gasteiger partial charge on any atom is 0.180 e. The smallest absolute Gasteiger partial charge is 0.180 e. The van der Waals surface area contributed by atoms with Crippen LogP contribution in [0.4, 0.5) is 4.39 Å². The molecular formula is C23H15Cl3FNO2. The van der Waals surface area contributed by atoms with E-state index in [2.05, 4.69) is 6.07 Å². The molecule has 7 heteroatoms. The Hall–Kier alpha value is -2.71. The number of methoxy groups -OCH3 is 1. The molecule has 0 fully saturated rings. The van der Waals surface area contributed by atoms with Gasteiger partial charge >= 0.3 is 0 Å². The summed E-state index contributed by atoms with van der Waals surface area (Å²) in [7, 11) is 1.49. The van der Waals surface area contributed by atoms with E-state index in [9.17, 15) is 9.65 Å². The van der Waals surface area contributed by atoms with Gasteiger partial charge in [0.2, 0.25) is 0 Å². The molecule has 3 aromatic carbocycles. The van der Waals surface area contributed by atoms with Crippen LogP contribution in [-0.4, -0.2) is 7.11 Å². The number of hydrogen-bond acceptors (Lipinski definition) is 3. The number of allylic oxidation sites excluding steroid dienone is 1. The summed E-state index contributed by atoms with van der Waals surface area (Å²) in [5, 5.41) is 10.7. The molecule has 0 atom stereocenters. The monoisotopic (exact) mass is 461 g/mol. The molecule has 0 aromatic heterocycles. The first kappa shape index (κ1) is 22.0. The van der Waals surface area contributed by atoms with Gasteiger partial charge in [-0.2, -0.15) is 5.26 Å². The molecular weight excluding hydrogens is 448 g/mol. The number of benzene rings is 3. The maximum atomic E-state index is 13.5. The van der Waals surface area contributed by atoms with Crippen LogP contribution in [0.15, 0.2) is 54.6 Å². The molecule has 3 aromatic rings. The van der Waals surface area contributed by atoms with Crippen LogP contribution in [0, 0.1) is 17.1 Å². The van der Waals surface area contributed by atoms with E-state index in [4.69, 9.17) is 44.3 Å². The van der Waals surface area contributed by atoms with Gasteiger partial charge in [0.05, 0.1) is 33.8 Å². The highest BCUT2D eigenvalue weighted by Gasteiger charge is 2.13. The summed E-state index contributed by atoms with van der Waals surface area (Å²) in [6.07, 6.45) is 1.60. The lowest BCUT2D eigenvalue weighted by Crippen LogP contribution is -1.99. The van der Waals surface area contributed by atoms with Crippen molar-refractivity contribution in [2.24, 2.45) is 0 Å². The number of nitrogens with zero attached hydrogens (tertiary/aromatic N) is 1. The molecule has 0 amide bonds. The Morgan fingerprint density at radius 3 is 2.50 bits per heavy atom. The van der Waals surface area contributed by atoms with Crippen LogP contribution >= 0.6 is 34.8 Å². The summed E-state index contributed by atoms with van der Waals surface area (Å²) >= 11 is 18.4. The van der Waals surface area contributed by atoms with Gasteiger partial charge in [-0.1, -0.05) is 53.0 Å². The SMILES string of the molecule is COc1cc(/C=C(/C#N)c2cccc(F)c2)cc(Cl)c1OCc1ccc(Cl)c(Cl)c1. The van der Waals surface area contributed by atoms with Crippen LogP contribution in [0.3, 0.4) is 0 Å². The van der Waals surface area contributed by atoms with Crippen LogP contribution < -0.4 is 9.47 Å². The third-order valence-electron chi connectivity index (χ3n) is 4.19. The Kier molecular flexibility index (Phi) is 7.23. The highest BCUT2D eigenvalue weighted by molar-refractivity contribution is 6.42. The topological polar surface area (TPSA) is 42.2 Å². The second-order valence-electron chi connectivity index (χ2n) is 6.25. The summed E-state index contributed by atoms with van der Waals surface area (Å²) in [5.74, 6) is 0.326. The van der Waals surface area contributed by atoms with Gasteiger partial charge in [-0.25, -0.2) is 4.39 Å². The summed E-state index contributed by atoms with van der Waals surface area (Å²) in [4.78, 5) is 0. The van der Waals surface area contributed by atoms with Crippen molar-refractivity contribution in [3.05, 3.63) is 92.2 Å². The van der Waals surface area contributed by atoms with Crippen molar-refractivity contribution in [2.45, 2.75) is 6.61 Å². The summed E-state index contributed by atoms with van der Waals surface area (Å²) in [6.45, 7) is 0.203. The minimum Gasteiger partial charge on any atom is -0.493 e. The number of ether oxygens (including phenoxy) is 2. The zero-order chi connectivity index (χ0) is 21.7. The zero-order valence-electron chi connectivity index (χ0n) is 15.8. The minimum absolute atomic E-state index is 0.203. The van der Waals surface area contributed by atoms with Gasteiger partial charge in [0.25, 0.3) is 0 Å². The van der Waals surface area contributed by atoms with E-state index < -0.39 is 5.82 Å². The first-order valence-corrected chi connectivity index (χ1v) is 9.86. The third kappa shape index (κ3) is 5.25. The first-order chi connectivity index (χ1) is 14.4. The molecule has 3 rings (SSSR count). The average molecular weight is 463 g/mol. The Morgan fingerprint density at radius 1 is 1.03 bits per heavy atom. The molecule has 0 radical (unpaired) electrons. The lowest BCUT2D eigenvalue weighted by atomic mass is 10.0. The molecule has 0 saturated heterocycles. The molecule has 0 unspecified atom stereocenters. The molecule has 0 aliphatic rings. The second-order valence-corrected chi connectivity index (χ2v) is 7.47. The lowest BCUT2D eigenvalue weighted by Gasteiger charge is -2.14. The normalized spacial score (nSPS) is 11.1. The van der Waals surface area contributed by atoms with E-state index >= 15 is 0 Å². The lowest BCUT2D eigenvalue weighted by molar-refractivity contribution is 0.284. The van der Waals surface area contributed by atoms with Gasteiger partial charge in [-0.3, -0.25) is 0 Å². The molecule has 0 bridgehead atoms. The fourth-order valence-corrected chi connectivity index (χ4v) is 3.35. The highest BCUT2D eigenvalue weighted by atomic mass is 35.5. The van der Waals surface area contributed by atoms with Crippen molar-refractivity contribution >= 4 is 46.5 Å². The Bertz CT molecular complexity index is 1160. The highest BCUT2D eigenvalue weighted by Crippen LogP contribution is 2.38. The van der Waals surface area contributed by atoms with Crippen molar-refractivity contribution in [2.75, 3.05) is 7.11 Å².